The van der Waals surface area contributed by atoms with Crippen molar-refractivity contribution in [2.75, 3.05) is 77.5 Å². The van der Waals surface area contributed by atoms with Gasteiger partial charge in [-0.2, -0.15) is 5.10 Å². The van der Waals surface area contributed by atoms with E-state index in [1.165, 1.54) is 0 Å². The molecule has 15 heteroatoms. The molecule has 1 aromatic rings. The molecule has 1 aliphatic heterocycles. The second kappa shape index (κ2) is 20.4. The van der Waals surface area contributed by atoms with Crippen LogP contribution in [0.15, 0.2) is 23.3 Å². The highest BCUT2D eigenvalue weighted by atomic mass is 35.5. The molecular formula is C29H45Cl2N5O8. The van der Waals surface area contributed by atoms with Crippen LogP contribution in [-0.4, -0.2) is 102 Å². The SMILES string of the molecule is CC1CN(c2ccc(Cl)c(Cl)c2)N=C1NC(=O)CCCNC(=O)COCCOCCOCCOCCNC(=O)OC(C)(C)C. The first-order valence-corrected chi connectivity index (χ1v) is 15.4. The number of carbonyl (C=O) groups is 3. The summed E-state index contributed by atoms with van der Waals surface area (Å²) < 4.78 is 26.6. The second-order valence-electron chi connectivity index (χ2n) is 10.9. The standard InChI is InChI=1S/C29H45Cl2N5O8/c1-21-19-36(22-7-8-23(30)24(31)18-22)35-27(21)34-25(37)6-5-9-32-26(38)20-43-17-16-42-15-14-41-13-12-40-11-10-33-28(39)44-29(2,3)4/h7-8,18,21H,5-6,9-17,19-20H2,1-4H3,(H,32,38)(H,33,39)(H,34,35,37). The van der Waals surface area contributed by atoms with E-state index in [2.05, 4.69) is 21.1 Å². The maximum Gasteiger partial charge on any atom is 0.407 e. The Hall–Kier alpha value is -2.68. The summed E-state index contributed by atoms with van der Waals surface area (Å²) in [4.78, 5) is 35.8. The van der Waals surface area contributed by atoms with E-state index in [1.54, 1.807) is 37.9 Å². The highest BCUT2D eigenvalue weighted by Crippen LogP contribution is 2.29. The topological polar surface area (TPSA) is 149 Å². The Morgan fingerprint density at radius 2 is 1.52 bits per heavy atom. The van der Waals surface area contributed by atoms with Crippen LogP contribution in [0.1, 0.15) is 40.5 Å². The van der Waals surface area contributed by atoms with E-state index in [-0.39, 0.29) is 37.4 Å². The number of anilines is 1. The summed E-state index contributed by atoms with van der Waals surface area (Å²) in [6.45, 7) is 11.1. The fourth-order valence-corrected chi connectivity index (χ4v) is 3.96. The number of nitrogens with zero attached hydrogens (tertiary/aromatic N) is 2. The smallest absolute Gasteiger partial charge is 0.407 e. The quantitative estimate of drug-likeness (QED) is 0.190. The molecule has 44 heavy (non-hydrogen) atoms. The van der Waals surface area contributed by atoms with Crippen molar-refractivity contribution in [3.63, 3.8) is 0 Å². The number of hydrogen-bond donors (Lipinski definition) is 3. The monoisotopic (exact) mass is 661 g/mol. The number of carbonyl (C=O) groups excluding carboxylic acids is 3. The van der Waals surface area contributed by atoms with Crippen molar-refractivity contribution in [3.8, 4) is 0 Å². The predicted octanol–water partition coefficient (Wildman–Crippen LogP) is 3.37. The molecule has 1 aromatic carbocycles. The first kappa shape index (κ1) is 37.5. The van der Waals surface area contributed by atoms with Crippen molar-refractivity contribution in [2.45, 2.75) is 46.1 Å². The Kier molecular flexibility index (Phi) is 17.4. The van der Waals surface area contributed by atoms with Gasteiger partial charge in [0.25, 0.3) is 0 Å². The van der Waals surface area contributed by atoms with Gasteiger partial charge in [-0.25, -0.2) is 4.79 Å². The molecular weight excluding hydrogens is 617 g/mol. The Morgan fingerprint density at radius 1 is 0.886 bits per heavy atom. The van der Waals surface area contributed by atoms with Gasteiger partial charge in [0.05, 0.1) is 68.5 Å². The maximum atomic E-state index is 12.4. The number of halogens is 2. The lowest BCUT2D eigenvalue weighted by Crippen LogP contribution is -2.34. The molecule has 3 N–H and O–H groups in total. The highest BCUT2D eigenvalue weighted by Gasteiger charge is 2.25. The van der Waals surface area contributed by atoms with E-state index in [9.17, 15) is 14.4 Å². The average molecular weight is 663 g/mol. The lowest BCUT2D eigenvalue weighted by atomic mass is 10.1. The molecule has 3 amide bonds. The lowest BCUT2D eigenvalue weighted by Gasteiger charge is -2.19. The summed E-state index contributed by atoms with van der Waals surface area (Å²) in [5, 5.41) is 15.4. The van der Waals surface area contributed by atoms with Crippen molar-refractivity contribution in [1.29, 1.82) is 0 Å². The van der Waals surface area contributed by atoms with E-state index < -0.39 is 11.7 Å². The van der Waals surface area contributed by atoms with Gasteiger partial charge in [-0.1, -0.05) is 30.1 Å². The van der Waals surface area contributed by atoms with Gasteiger partial charge in [-0.05, 0) is 45.4 Å². The number of alkyl carbamates (subject to hydrolysis) is 1. The fourth-order valence-electron chi connectivity index (χ4n) is 3.67. The Labute approximate surface area is 269 Å². The molecule has 0 bridgehead atoms. The molecule has 1 heterocycles. The lowest BCUT2D eigenvalue weighted by molar-refractivity contribution is -0.126. The number of rotatable bonds is 19. The highest BCUT2D eigenvalue weighted by molar-refractivity contribution is 6.42. The minimum Gasteiger partial charge on any atom is -0.444 e. The number of hydrogen-bond acceptors (Lipinski definition) is 10. The van der Waals surface area contributed by atoms with E-state index in [4.69, 9.17) is 46.9 Å². The van der Waals surface area contributed by atoms with Gasteiger partial charge >= 0.3 is 6.09 Å². The average Bonchev–Trinajstić information content (AvgIpc) is 3.31. The van der Waals surface area contributed by atoms with Crippen LogP contribution in [0.4, 0.5) is 10.5 Å². The Bertz CT molecular complexity index is 1090. The summed E-state index contributed by atoms with van der Waals surface area (Å²) >= 11 is 12.1. The van der Waals surface area contributed by atoms with Crippen LogP contribution >= 0.6 is 23.2 Å². The molecule has 0 saturated heterocycles. The van der Waals surface area contributed by atoms with Crippen LogP contribution in [0.25, 0.3) is 0 Å². The maximum absolute atomic E-state index is 12.4. The molecule has 0 radical (unpaired) electrons. The number of amides is 3. The zero-order valence-electron chi connectivity index (χ0n) is 25.9. The van der Waals surface area contributed by atoms with Crippen molar-refractivity contribution in [1.82, 2.24) is 16.0 Å². The molecule has 0 fully saturated rings. The van der Waals surface area contributed by atoms with Crippen molar-refractivity contribution < 1.29 is 38.1 Å². The summed E-state index contributed by atoms with van der Waals surface area (Å²) in [6, 6.07) is 5.27. The normalized spacial score (nSPS) is 14.7. The molecule has 2 rings (SSSR count). The van der Waals surface area contributed by atoms with E-state index in [1.807, 2.05) is 13.0 Å². The van der Waals surface area contributed by atoms with Gasteiger partial charge in [0, 0.05) is 25.4 Å². The van der Waals surface area contributed by atoms with Gasteiger partial charge < -0.3 is 39.6 Å². The van der Waals surface area contributed by atoms with Crippen LogP contribution in [-0.2, 0) is 33.3 Å². The summed E-state index contributed by atoms with van der Waals surface area (Å²) in [6.07, 6.45) is 0.247. The van der Waals surface area contributed by atoms with E-state index in [0.717, 1.165) is 5.69 Å². The number of nitrogens with one attached hydrogen (secondary N) is 3. The third kappa shape index (κ3) is 16.4. The summed E-state index contributed by atoms with van der Waals surface area (Å²) in [5.41, 5.74) is 0.263. The molecule has 248 valence electrons. The predicted molar refractivity (Wildman–Crippen MR) is 168 cm³/mol. The molecule has 1 aliphatic rings. The zero-order chi connectivity index (χ0) is 32.4. The molecule has 13 nitrogen and oxygen atoms in total. The Morgan fingerprint density at radius 3 is 2.16 bits per heavy atom. The van der Waals surface area contributed by atoms with Crippen LogP contribution in [0, 0.1) is 5.92 Å². The Balaban J connectivity index is 1.39. The van der Waals surface area contributed by atoms with Gasteiger partial charge in [0.15, 0.2) is 0 Å². The summed E-state index contributed by atoms with van der Waals surface area (Å²) in [7, 11) is 0. The molecule has 0 saturated carbocycles. The van der Waals surface area contributed by atoms with Crippen LogP contribution in [0.2, 0.25) is 10.0 Å². The minimum absolute atomic E-state index is 0.0360. The zero-order valence-corrected chi connectivity index (χ0v) is 27.4. The largest absolute Gasteiger partial charge is 0.444 e. The molecule has 0 spiro atoms. The first-order chi connectivity index (χ1) is 20.9. The van der Waals surface area contributed by atoms with Crippen molar-refractivity contribution in [2.24, 2.45) is 11.0 Å². The number of ether oxygens (including phenoxy) is 5. The molecule has 0 aromatic heterocycles. The molecule has 1 unspecified atom stereocenters. The van der Waals surface area contributed by atoms with Crippen molar-refractivity contribution >= 4 is 52.6 Å². The fraction of sp³-hybridized carbons (Fsp3) is 0.655. The van der Waals surface area contributed by atoms with Gasteiger partial charge in [-0.15, -0.1) is 0 Å². The summed E-state index contributed by atoms with van der Waals surface area (Å²) in [5.74, 6) is 0.191. The van der Waals surface area contributed by atoms with E-state index in [0.29, 0.717) is 81.6 Å². The third-order valence-electron chi connectivity index (χ3n) is 5.78. The second-order valence-corrected chi connectivity index (χ2v) is 11.7. The van der Waals surface area contributed by atoms with Gasteiger partial charge in [0.2, 0.25) is 11.8 Å². The number of benzene rings is 1. The third-order valence-corrected chi connectivity index (χ3v) is 6.52. The molecule has 1 atom stereocenters. The van der Waals surface area contributed by atoms with Gasteiger partial charge in [-0.3, -0.25) is 14.6 Å². The van der Waals surface area contributed by atoms with Gasteiger partial charge in [0.1, 0.15) is 18.0 Å². The number of hydrazone groups is 1. The van der Waals surface area contributed by atoms with Crippen LogP contribution in [0.3, 0.4) is 0 Å². The molecule has 0 aliphatic carbocycles. The minimum atomic E-state index is -0.531. The first-order valence-electron chi connectivity index (χ1n) is 14.6. The number of amidine groups is 1. The van der Waals surface area contributed by atoms with Crippen LogP contribution < -0.4 is 21.0 Å². The van der Waals surface area contributed by atoms with Crippen molar-refractivity contribution in [3.05, 3.63) is 28.2 Å². The van der Waals surface area contributed by atoms with Crippen LogP contribution in [0.5, 0.6) is 0 Å². The van der Waals surface area contributed by atoms with E-state index >= 15 is 0 Å².